The number of rotatable bonds is 34. The number of aliphatic hydroxyl groups is 2. The van der Waals surface area contributed by atoms with Crippen LogP contribution in [0, 0.1) is 0 Å². The van der Waals surface area contributed by atoms with Crippen molar-refractivity contribution in [2.45, 2.75) is 128 Å². The van der Waals surface area contributed by atoms with Gasteiger partial charge in [0.05, 0.1) is 39.9 Å². The maximum absolute atomic E-state index is 12.8. The topological polar surface area (TPSA) is 128 Å². The fourth-order valence-corrected chi connectivity index (χ4v) is 5.62. The smallest absolute Gasteiger partial charge is 0.268 e. The Morgan fingerprint density at radius 3 is 1.64 bits per heavy atom. The Labute approximate surface area is 334 Å². The lowest BCUT2D eigenvalue weighted by molar-refractivity contribution is -0.870. The van der Waals surface area contributed by atoms with E-state index in [1.165, 1.54) is 0 Å². The average molecular weight is 787 g/mol. The van der Waals surface area contributed by atoms with E-state index in [1.54, 1.807) is 0 Å². The third-order valence-electron chi connectivity index (χ3n) is 8.15. The summed E-state index contributed by atoms with van der Waals surface area (Å²) in [5.74, 6) is -0.384. The summed E-state index contributed by atoms with van der Waals surface area (Å²) in [5, 5.41) is 24.4. The van der Waals surface area contributed by atoms with Crippen LogP contribution in [0.15, 0.2) is 109 Å². The number of quaternary nitrogens is 1. The monoisotopic (exact) mass is 787 g/mol. The van der Waals surface area contributed by atoms with Crippen molar-refractivity contribution in [2.75, 3.05) is 40.9 Å². The molecular formula is C45H75N2O7P. The zero-order valence-electron chi connectivity index (χ0n) is 34.7. The molecule has 9 nitrogen and oxygen atoms in total. The van der Waals surface area contributed by atoms with Crippen LogP contribution in [0.1, 0.15) is 110 Å². The zero-order valence-corrected chi connectivity index (χ0v) is 35.6. The predicted octanol–water partition coefficient (Wildman–Crippen LogP) is 9.30. The lowest BCUT2D eigenvalue weighted by Crippen LogP contribution is -2.51. The third kappa shape index (κ3) is 36.5. The van der Waals surface area contributed by atoms with Crippen LogP contribution in [0.2, 0.25) is 0 Å². The summed E-state index contributed by atoms with van der Waals surface area (Å²) in [4.78, 5) is 25.3. The summed E-state index contributed by atoms with van der Waals surface area (Å²) >= 11 is 0. The number of aliphatic hydroxyl groups excluding tert-OH is 2. The van der Waals surface area contributed by atoms with Crippen LogP contribution in [-0.4, -0.2) is 79.8 Å². The molecule has 0 rings (SSSR count). The van der Waals surface area contributed by atoms with Crippen LogP contribution in [0.3, 0.4) is 0 Å². The first-order valence-electron chi connectivity index (χ1n) is 20.3. The first kappa shape index (κ1) is 52.1. The van der Waals surface area contributed by atoms with Gasteiger partial charge in [-0.05, 0) is 96.8 Å². The molecule has 0 aliphatic rings. The minimum absolute atomic E-state index is 0.0706. The van der Waals surface area contributed by atoms with Crippen molar-refractivity contribution in [3.63, 3.8) is 0 Å². The number of allylic oxidation sites excluding steroid dienone is 18. The number of nitrogens with one attached hydrogen (secondary N) is 1. The molecule has 0 aliphatic heterocycles. The highest BCUT2D eigenvalue weighted by Crippen LogP contribution is 2.38. The number of carbonyl (C=O) groups excluding carboxylic acids is 1. The summed E-state index contributed by atoms with van der Waals surface area (Å²) in [7, 11) is 1.02. The second kappa shape index (κ2) is 35.5. The van der Waals surface area contributed by atoms with E-state index in [0.717, 1.165) is 70.6 Å². The van der Waals surface area contributed by atoms with E-state index in [2.05, 4.69) is 109 Å². The number of unbranched alkanes of at least 4 members (excludes halogenated alkanes) is 3. The molecule has 0 saturated carbocycles. The van der Waals surface area contributed by atoms with Gasteiger partial charge in [0.2, 0.25) is 5.91 Å². The Morgan fingerprint density at radius 2 is 1.15 bits per heavy atom. The van der Waals surface area contributed by atoms with Crippen LogP contribution >= 0.6 is 7.82 Å². The highest BCUT2D eigenvalue weighted by atomic mass is 31.2. The summed E-state index contributed by atoms with van der Waals surface area (Å²) in [6.07, 6.45) is 47.3. The van der Waals surface area contributed by atoms with E-state index in [-0.39, 0.29) is 25.4 Å². The molecule has 0 bridgehead atoms. The number of hydrogen-bond acceptors (Lipinski definition) is 7. The third-order valence-corrected chi connectivity index (χ3v) is 9.11. The molecule has 1 amide bonds. The van der Waals surface area contributed by atoms with Gasteiger partial charge in [-0.25, -0.2) is 0 Å². The number of nitrogens with zero attached hydrogens (tertiary/aromatic N) is 1. The molecule has 0 aromatic carbocycles. The Kier molecular flexibility index (Phi) is 33.7. The molecule has 312 valence electrons. The maximum atomic E-state index is 12.8. The van der Waals surface area contributed by atoms with Gasteiger partial charge in [-0.2, -0.15) is 0 Å². The predicted molar refractivity (Wildman–Crippen MR) is 229 cm³/mol. The maximum Gasteiger partial charge on any atom is 0.268 e. The van der Waals surface area contributed by atoms with Crippen molar-refractivity contribution < 1.29 is 38.0 Å². The van der Waals surface area contributed by atoms with Crippen LogP contribution < -0.4 is 10.2 Å². The van der Waals surface area contributed by atoms with Gasteiger partial charge >= 0.3 is 0 Å². The number of carbonyl (C=O) groups is 1. The molecule has 0 heterocycles. The minimum Gasteiger partial charge on any atom is -0.756 e. The lowest BCUT2D eigenvalue weighted by atomic mass is 10.0. The number of likely N-dealkylation sites (N-methyl/N-ethyl adjacent to an activating group) is 1. The van der Waals surface area contributed by atoms with Gasteiger partial charge in [0, 0.05) is 6.42 Å². The molecule has 0 saturated heterocycles. The highest BCUT2D eigenvalue weighted by molar-refractivity contribution is 7.45. The van der Waals surface area contributed by atoms with Crippen molar-refractivity contribution in [1.29, 1.82) is 0 Å². The van der Waals surface area contributed by atoms with Gasteiger partial charge in [0.1, 0.15) is 19.3 Å². The summed E-state index contributed by atoms with van der Waals surface area (Å²) in [6.45, 7) is 3.97. The average Bonchev–Trinajstić information content (AvgIpc) is 3.13. The highest BCUT2D eigenvalue weighted by Gasteiger charge is 2.29. The van der Waals surface area contributed by atoms with E-state index in [4.69, 9.17) is 9.05 Å². The van der Waals surface area contributed by atoms with Gasteiger partial charge in [-0.15, -0.1) is 0 Å². The molecule has 0 aromatic heterocycles. The van der Waals surface area contributed by atoms with Gasteiger partial charge in [-0.3, -0.25) is 9.36 Å². The van der Waals surface area contributed by atoms with E-state index in [1.807, 2.05) is 40.2 Å². The Morgan fingerprint density at radius 1 is 0.691 bits per heavy atom. The zero-order chi connectivity index (χ0) is 40.9. The van der Waals surface area contributed by atoms with Crippen LogP contribution in [0.5, 0.6) is 0 Å². The molecule has 3 N–H and O–H groups in total. The van der Waals surface area contributed by atoms with Gasteiger partial charge in [-0.1, -0.05) is 116 Å². The molecule has 0 aliphatic carbocycles. The van der Waals surface area contributed by atoms with Crippen molar-refractivity contribution in [2.24, 2.45) is 0 Å². The van der Waals surface area contributed by atoms with Crippen molar-refractivity contribution in [3.8, 4) is 0 Å². The lowest BCUT2D eigenvalue weighted by Gasteiger charge is -2.31. The molecule has 4 atom stereocenters. The second-order valence-corrected chi connectivity index (χ2v) is 15.8. The Hall–Kier alpha value is -2.88. The van der Waals surface area contributed by atoms with Gasteiger partial charge in [0.25, 0.3) is 7.82 Å². The fourth-order valence-electron chi connectivity index (χ4n) is 4.90. The molecule has 0 spiro atoms. The van der Waals surface area contributed by atoms with Crippen LogP contribution in [0.4, 0.5) is 0 Å². The summed E-state index contributed by atoms with van der Waals surface area (Å²) in [6, 6.07) is -1.15. The SMILES string of the molecule is C/C=C/CC/C=C/CC/C=C/CCCC(O)C(O)C(COP(=O)([O-])OCC[N+](C)(C)C)NC(=O)CC/C=C\C/C=C\C/C=C\C/C=C\C/C=C\C/C=C\CC. The van der Waals surface area contributed by atoms with E-state index in [0.29, 0.717) is 23.9 Å². The normalized spacial score (nSPS) is 16.1. The summed E-state index contributed by atoms with van der Waals surface area (Å²) < 4.78 is 23.0. The molecule has 0 radical (unpaired) electrons. The number of amides is 1. The van der Waals surface area contributed by atoms with E-state index in [9.17, 15) is 24.5 Å². The Bertz CT molecular complexity index is 1270. The molecule has 10 heteroatoms. The molecular weight excluding hydrogens is 711 g/mol. The van der Waals surface area contributed by atoms with Crippen molar-refractivity contribution >= 4 is 13.7 Å². The molecule has 0 fully saturated rings. The first-order valence-corrected chi connectivity index (χ1v) is 21.7. The van der Waals surface area contributed by atoms with Gasteiger partial charge < -0.3 is 34.0 Å². The quantitative estimate of drug-likeness (QED) is 0.0257. The van der Waals surface area contributed by atoms with Crippen LogP contribution in [0.25, 0.3) is 0 Å². The Balaban J connectivity index is 4.78. The molecule has 4 unspecified atom stereocenters. The molecule has 0 aromatic rings. The van der Waals surface area contributed by atoms with Crippen molar-refractivity contribution in [1.82, 2.24) is 5.32 Å². The van der Waals surface area contributed by atoms with Crippen LogP contribution in [-0.2, 0) is 18.4 Å². The standard InChI is InChI=1S/C45H75N2O7P/c1-6-8-10-12-14-16-18-20-21-22-23-24-25-26-28-30-32-34-36-38-44(49)46-42(41-54-55(51,52)53-40-39-47(3,4)5)45(50)43(48)37-35-33-31-29-27-19-17-15-13-11-9-7-2/h7-10,14-17,20-21,23-24,26,28-29,31-32,34,42-43,45,48,50H,6,11-13,18-19,22,25,27,30,33,35-41H2,1-5H3,(H-,46,49,51,52)/b9-7+,10-8-,16-14-,17-15+,21-20-,24-23-,28-26-,31-29+,34-32-. The molecule has 55 heavy (non-hydrogen) atoms. The number of hydrogen-bond donors (Lipinski definition) is 3. The largest absolute Gasteiger partial charge is 0.756 e. The summed E-state index contributed by atoms with van der Waals surface area (Å²) in [5.41, 5.74) is 0. The van der Waals surface area contributed by atoms with E-state index >= 15 is 0 Å². The number of phosphoric acid groups is 1. The number of phosphoric ester groups is 1. The second-order valence-electron chi connectivity index (χ2n) is 14.4. The fraction of sp³-hybridized carbons (Fsp3) is 0.578. The first-order chi connectivity index (χ1) is 26.4. The van der Waals surface area contributed by atoms with Crippen molar-refractivity contribution in [3.05, 3.63) is 109 Å². The van der Waals surface area contributed by atoms with Gasteiger partial charge in [0.15, 0.2) is 0 Å². The van der Waals surface area contributed by atoms with E-state index < -0.39 is 32.7 Å². The minimum atomic E-state index is -4.70.